The highest BCUT2D eigenvalue weighted by atomic mass is 32.2. The normalized spacial score (nSPS) is 11.3. The molecular formula is C19H22N2O4S. The van der Waals surface area contributed by atoms with E-state index in [1.807, 2.05) is 6.07 Å². The molecule has 0 spiro atoms. The molecule has 7 heteroatoms. The van der Waals surface area contributed by atoms with Crippen molar-refractivity contribution in [3.63, 3.8) is 0 Å². The van der Waals surface area contributed by atoms with Crippen molar-refractivity contribution in [3.05, 3.63) is 60.2 Å². The van der Waals surface area contributed by atoms with Crippen molar-refractivity contribution in [1.29, 1.82) is 0 Å². The molecule has 0 fully saturated rings. The van der Waals surface area contributed by atoms with Crippen molar-refractivity contribution in [3.8, 4) is 0 Å². The Balaban J connectivity index is 1.84. The molecule has 0 bridgehead atoms. The standard InChI is InChI=1S/C19H22N2O4S/c1-21(2)26(24,25)17-13-11-16(12-14-17)20-19(23)10-6-9-18(22)15-7-4-3-5-8-15/h3-5,7-8,11-14H,6,9-10H2,1-2H3,(H,20,23). The number of rotatable bonds is 8. The van der Waals surface area contributed by atoms with Gasteiger partial charge in [0.25, 0.3) is 0 Å². The predicted molar refractivity (Wildman–Crippen MR) is 101 cm³/mol. The van der Waals surface area contributed by atoms with Crippen LogP contribution in [0.3, 0.4) is 0 Å². The molecule has 1 N–H and O–H groups in total. The molecule has 2 rings (SSSR count). The first-order valence-electron chi connectivity index (χ1n) is 8.21. The number of carbonyl (C=O) groups is 2. The van der Waals surface area contributed by atoms with Crippen LogP contribution in [0.25, 0.3) is 0 Å². The van der Waals surface area contributed by atoms with Gasteiger partial charge >= 0.3 is 0 Å². The Bertz CT molecular complexity index is 860. The van der Waals surface area contributed by atoms with Gasteiger partial charge in [-0.25, -0.2) is 12.7 Å². The molecule has 0 unspecified atom stereocenters. The average molecular weight is 374 g/mol. The molecule has 0 radical (unpaired) electrons. The topological polar surface area (TPSA) is 83.6 Å². The second-order valence-corrected chi connectivity index (χ2v) is 8.15. The highest BCUT2D eigenvalue weighted by Crippen LogP contribution is 2.17. The Morgan fingerprint density at radius 1 is 0.923 bits per heavy atom. The number of ketones is 1. The fourth-order valence-corrected chi connectivity index (χ4v) is 3.22. The number of nitrogens with zero attached hydrogens (tertiary/aromatic N) is 1. The second-order valence-electron chi connectivity index (χ2n) is 6.00. The number of hydrogen-bond acceptors (Lipinski definition) is 4. The Morgan fingerprint density at radius 3 is 2.12 bits per heavy atom. The molecule has 138 valence electrons. The second kappa shape index (κ2) is 8.73. The first-order chi connectivity index (χ1) is 12.3. The third-order valence-electron chi connectivity index (χ3n) is 3.82. The van der Waals surface area contributed by atoms with Gasteiger partial charge in [0, 0.05) is 38.2 Å². The van der Waals surface area contributed by atoms with Crippen LogP contribution < -0.4 is 5.32 Å². The fraction of sp³-hybridized carbons (Fsp3) is 0.263. The lowest BCUT2D eigenvalue weighted by Gasteiger charge is -2.12. The molecule has 0 aliphatic carbocycles. The number of hydrogen-bond donors (Lipinski definition) is 1. The van der Waals surface area contributed by atoms with Gasteiger partial charge in [-0.2, -0.15) is 0 Å². The highest BCUT2D eigenvalue weighted by Gasteiger charge is 2.16. The zero-order valence-electron chi connectivity index (χ0n) is 14.8. The summed E-state index contributed by atoms with van der Waals surface area (Å²) in [6, 6.07) is 15.0. The van der Waals surface area contributed by atoms with E-state index in [0.29, 0.717) is 24.1 Å². The maximum Gasteiger partial charge on any atom is 0.242 e. The molecule has 0 aromatic heterocycles. The molecule has 0 atom stereocenters. The SMILES string of the molecule is CN(C)S(=O)(=O)c1ccc(NC(=O)CCCC(=O)c2ccccc2)cc1. The van der Waals surface area contributed by atoms with Crippen molar-refractivity contribution in [1.82, 2.24) is 4.31 Å². The fourth-order valence-electron chi connectivity index (χ4n) is 2.32. The van der Waals surface area contributed by atoms with Crippen LogP contribution in [0.2, 0.25) is 0 Å². The van der Waals surface area contributed by atoms with Gasteiger partial charge in [0.1, 0.15) is 0 Å². The van der Waals surface area contributed by atoms with E-state index in [0.717, 1.165) is 4.31 Å². The highest BCUT2D eigenvalue weighted by molar-refractivity contribution is 7.89. The molecule has 0 heterocycles. The molecule has 0 saturated carbocycles. The van der Waals surface area contributed by atoms with Gasteiger partial charge < -0.3 is 5.32 Å². The number of Topliss-reactive ketones (excluding diaryl/α,β-unsaturated/α-hetero) is 1. The summed E-state index contributed by atoms with van der Waals surface area (Å²) >= 11 is 0. The quantitative estimate of drug-likeness (QED) is 0.720. The third kappa shape index (κ3) is 5.24. The average Bonchev–Trinajstić information content (AvgIpc) is 2.62. The van der Waals surface area contributed by atoms with Crippen LogP contribution >= 0.6 is 0 Å². The van der Waals surface area contributed by atoms with E-state index in [1.54, 1.807) is 36.4 Å². The van der Waals surface area contributed by atoms with E-state index >= 15 is 0 Å². The van der Waals surface area contributed by atoms with E-state index in [9.17, 15) is 18.0 Å². The van der Waals surface area contributed by atoms with Gasteiger partial charge in [-0.1, -0.05) is 30.3 Å². The van der Waals surface area contributed by atoms with E-state index in [4.69, 9.17) is 0 Å². The molecule has 6 nitrogen and oxygen atoms in total. The summed E-state index contributed by atoms with van der Waals surface area (Å²) in [5.41, 5.74) is 1.16. The van der Waals surface area contributed by atoms with Crippen LogP contribution in [-0.4, -0.2) is 38.5 Å². The third-order valence-corrected chi connectivity index (χ3v) is 5.65. The minimum Gasteiger partial charge on any atom is -0.326 e. The molecule has 2 aromatic rings. The molecule has 26 heavy (non-hydrogen) atoms. The van der Waals surface area contributed by atoms with Gasteiger partial charge in [0.05, 0.1) is 4.90 Å². The summed E-state index contributed by atoms with van der Waals surface area (Å²) < 4.78 is 25.1. The van der Waals surface area contributed by atoms with E-state index in [-0.39, 0.29) is 23.0 Å². The lowest BCUT2D eigenvalue weighted by atomic mass is 10.1. The van der Waals surface area contributed by atoms with Gasteiger partial charge in [-0.15, -0.1) is 0 Å². The van der Waals surface area contributed by atoms with Crippen LogP contribution in [0.4, 0.5) is 5.69 Å². The van der Waals surface area contributed by atoms with E-state index < -0.39 is 10.0 Å². The lowest BCUT2D eigenvalue weighted by molar-refractivity contribution is -0.116. The van der Waals surface area contributed by atoms with Crippen molar-refractivity contribution < 1.29 is 18.0 Å². The largest absolute Gasteiger partial charge is 0.326 e. The van der Waals surface area contributed by atoms with Crippen LogP contribution in [0.1, 0.15) is 29.6 Å². The van der Waals surface area contributed by atoms with Gasteiger partial charge in [0.15, 0.2) is 5.78 Å². The number of nitrogens with one attached hydrogen (secondary N) is 1. The van der Waals surface area contributed by atoms with E-state index in [2.05, 4.69) is 5.32 Å². The first kappa shape index (κ1) is 19.8. The number of benzene rings is 2. The Morgan fingerprint density at radius 2 is 1.54 bits per heavy atom. The maximum absolute atomic E-state index is 12.0. The molecule has 0 aliphatic heterocycles. The van der Waals surface area contributed by atoms with Crippen molar-refractivity contribution in [2.45, 2.75) is 24.2 Å². The Kier molecular flexibility index (Phi) is 6.65. The monoisotopic (exact) mass is 374 g/mol. The number of amides is 1. The molecule has 0 saturated heterocycles. The summed E-state index contributed by atoms with van der Waals surface area (Å²) in [6.07, 6.45) is 0.973. The van der Waals surface area contributed by atoms with Gasteiger partial charge in [-0.05, 0) is 30.7 Å². The van der Waals surface area contributed by atoms with E-state index in [1.165, 1.54) is 26.2 Å². The lowest BCUT2D eigenvalue weighted by Crippen LogP contribution is -2.22. The van der Waals surface area contributed by atoms with Crippen LogP contribution in [0, 0.1) is 0 Å². The van der Waals surface area contributed by atoms with Crippen LogP contribution in [-0.2, 0) is 14.8 Å². The zero-order chi connectivity index (χ0) is 19.2. The van der Waals surface area contributed by atoms with Crippen molar-refractivity contribution in [2.24, 2.45) is 0 Å². The smallest absolute Gasteiger partial charge is 0.242 e. The Labute approximate surface area is 153 Å². The molecule has 1 amide bonds. The summed E-state index contributed by atoms with van der Waals surface area (Å²) in [6.45, 7) is 0. The summed E-state index contributed by atoms with van der Waals surface area (Å²) in [7, 11) is -0.569. The molecule has 2 aromatic carbocycles. The van der Waals surface area contributed by atoms with Gasteiger partial charge in [0.2, 0.25) is 15.9 Å². The van der Waals surface area contributed by atoms with Crippen LogP contribution in [0.15, 0.2) is 59.5 Å². The summed E-state index contributed by atoms with van der Waals surface area (Å²) in [5, 5.41) is 2.70. The number of sulfonamides is 1. The Hall–Kier alpha value is -2.51. The van der Waals surface area contributed by atoms with Crippen molar-refractivity contribution >= 4 is 27.4 Å². The minimum atomic E-state index is -3.49. The summed E-state index contributed by atoms with van der Waals surface area (Å²) in [4.78, 5) is 24.1. The van der Waals surface area contributed by atoms with Crippen molar-refractivity contribution in [2.75, 3.05) is 19.4 Å². The minimum absolute atomic E-state index is 0.0108. The number of carbonyl (C=O) groups excluding carboxylic acids is 2. The van der Waals surface area contributed by atoms with Crippen LogP contribution in [0.5, 0.6) is 0 Å². The maximum atomic E-state index is 12.0. The number of anilines is 1. The molecular weight excluding hydrogens is 352 g/mol. The van der Waals surface area contributed by atoms with Gasteiger partial charge in [-0.3, -0.25) is 9.59 Å². The zero-order valence-corrected chi connectivity index (χ0v) is 15.6. The predicted octanol–water partition coefficient (Wildman–Crippen LogP) is 2.93. The summed E-state index contributed by atoms with van der Waals surface area (Å²) in [5.74, 6) is -0.203. The molecule has 0 aliphatic rings. The first-order valence-corrected chi connectivity index (χ1v) is 9.65.